The standard InChI is InChI=1S/C14H23N3O/c1-12(13-6-4-3-5-7-13)10-16-14(18)11-17(2)9-8-15/h3-7,12H,8-11,15H2,1-2H3,(H,16,18). The molecule has 0 aliphatic heterocycles. The van der Waals surface area contributed by atoms with E-state index in [-0.39, 0.29) is 5.91 Å². The first kappa shape index (κ1) is 14.7. The third-order valence-corrected chi connectivity index (χ3v) is 2.90. The molecule has 0 spiro atoms. The van der Waals surface area contributed by atoms with Gasteiger partial charge in [-0.1, -0.05) is 37.3 Å². The van der Waals surface area contributed by atoms with Crippen molar-refractivity contribution in [2.45, 2.75) is 12.8 Å². The summed E-state index contributed by atoms with van der Waals surface area (Å²) in [5.41, 5.74) is 6.67. The largest absolute Gasteiger partial charge is 0.354 e. The summed E-state index contributed by atoms with van der Waals surface area (Å²) in [6.45, 7) is 4.49. The molecule has 0 heterocycles. The molecule has 0 aromatic heterocycles. The van der Waals surface area contributed by atoms with Gasteiger partial charge in [-0.2, -0.15) is 0 Å². The number of carbonyl (C=O) groups excluding carboxylic acids is 1. The number of nitrogens with two attached hydrogens (primary N) is 1. The number of hydrogen-bond acceptors (Lipinski definition) is 3. The number of carbonyl (C=O) groups is 1. The molecule has 4 nitrogen and oxygen atoms in total. The van der Waals surface area contributed by atoms with E-state index in [9.17, 15) is 4.79 Å². The van der Waals surface area contributed by atoms with Crippen LogP contribution in [-0.4, -0.2) is 44.0 Å². The second kappa shape index (κ2) is 7.84. The first-order chi connectivity index (χ1) is 8.63. The van der Waals surface area contributed by atoms with E-state index in [1.54, 1.807) is 0 Å². The van der Waals surface area contributed by atoms with Crippen LogP contribution in [0.15, 0.2) is 30.3 Å². The van der Waals surface area contributed by atoms with Crippen molar-refractivity contribution in [3.63, 3.8) is 0 Å². The van der Waals surface area contributed by atoms with Gasteiger partial charge in [-0.25, -0.2) is 0 Å². The van der Waals surface area contributed by atoms with E-state index in [0.717, 1.165) is 6.54 Å². The monoisotopic (exact) mass is 249 g/mol. The average Bonchev–Trinajstić information content (AvgIpc) is 2.37. The number of rotatable bonds is 7. The van der Waals surface area contributed by atoms with Crippen LogP contribution in [0, 0.1) is 0 Å². The molecule has 1 rings (SSSR count). The second-order valence-corrected chi connectivity index (χ2v) is 4.64. The van der Waals surface area contributed by atoms with Crippen molar-refractivity contribution in [3.8, 4) is 0 Å². The third kappa shape index (κ3) is 5.29. The minimum atomic E-state index is 0.0498. The average molecular weight is 249 g/mol. The molecule has 18 heavy (non-hydrogen) atoms. The van der Waals surface area contributed by atoms with Crippen LogP contribution in [0.4, 0.5) is 0 Å². The molecule has 0 fully saturated rings. The van der Waals surface area contributed by atoms with Gasteiger partial charge in [0, 0.05) is 19.6 Å². The predicted octanol–water partition coefficient (Wildman–Crippen LogP) is 0.797. The number of likely N-dealkylation sites (N-methyl/N-ethyl adjacent to an activating group) is 1. The molecule has 0 aliphatic rings. The number of hydrogen-bond donors (Lipinski definition) is 2. The Morgan fingerprint density at radius 2 is 2.06 bits per heavy atom. The van der Waals surface area contributed by atoms with Crippen LogP contribution in [0.2, 0.25) is 0 Å². The molecule has 1 amide bonds. The van der Waals surface area contributed by atoms with Crippen LogP contribution >= 0.6 is 0 Å². The summed E-state index contributed by atoms with van der Waals surface area (Å²) in [6, 6.07) is 10.2. The third-order valence-electron chi connectivity index (χ3n) is 2.90. The van der Waals surface area contributed by atoms with Crippen LogP contribution in [0.25, 0.3) is 0 Å². The van der Waals surface area contributed by atoms with Gasteiger partial charge in [-0.05, 0) is 18.5 Å². The molecule has 1 aromatic rings. The maximum absolute atomic E-state index is 11.7. The summed E-state index contributed by atoms with van der Waals surface area (Å²) >= 11 is 0. The second-order valence-electron chi connectivity index (χ2n) is 4.64. The van der Waals surface area contributed by atoms with Gasteiger partial charge in [0.25, 0.3) is 0 Å². The van der Waals surface area contributed by atoms with Crippen molar-refractivity contribution < 1.29 is 4.79 Å². The van der Waals surface area contributed by atoms with E-state index >= 15 is 0 Å². The Kier molecular flexibility index (Phi) is 6.39. The van der Waals surface area contributed by atoms with E-state index in [0.29, 0.717) is 25.6 Å². The highest BCUT2D eigenvalue weighted by Gasteiger charge is 2.09. The van der Waals surface area contributed by atoms with Crippen molar-refractivity contribution in [1.82, 2.24) is 10.2 Å². The molecule has 0 saturated heterocycles. The van der Waals surface area contributed by atoms with Gasteiger partial charge in [0.05, 0.1) is 6.54 Å². The van der Waals surface area contributed by atoms with E-state index in [1.165, 1.54) is 5.56 Å². The molecule has 4 heteroatoms. The van der Waals surface area contributed by atoms with Gasteiger partial charge in [0.2, 0.25) is 5.91 Å². The highest BCUT2D eigenvalue weighted by Crippen LogP contribution is 2.12. The summed E-state index contributed by atoms with van der Waals surface area (Å²) in [6.07, 6.45) is 0. The summed E-state index contributed by atoms with van der Waals surface area (Å²) in [4.78, 5) is 13.6. The first-order valence-electron chi connectivity index (χ1n) is 6.33. The molecule has 1 atom stereocenters. The van der Waals surface area contributed by atoms with Crippen LogP contribution in [0.3, 0.4) is 0 Å². The van der Waals surface area contributed by atoms with Gasteiger partial charge in [-0.15, -0.1) is 0 Å². The Morgan fingerprint density at radius 1 is 1.39 bits per heavy atom. The van der Waals surface area contributed by atoms with Gasteiger partial charge < -0.3 is 11.1 Å². The summed E-state index contributed by atoms with van der Waals surface area (Å²) in [5.74, 6) is 0.378. The zero-order valence-electron chi connectivity index (χ0n) is 11.2. The molecule has 3 N–H and O–H groups in total. The van der Waals surface area contributed by atoms with E-state index in [4.69, 9.17) is 5.73 Å². The van der Waals surface area contributed by atoms with Gasteiger partial charge in [0.1, 0.15) is 0 Å². The minimum Gasteiger partial charge on any atom is -0.354 e. The fourth-order valence-corrected chi connectivity index (χ4v) is 1.77. The zero-order chi connectivity index (χ0) is 13.4. The number of amides is 1. The maximum atomic E-state index is 11.7. The molecule has 0 saturated carbocycles. The lowest BCUT2D eigenvalue weighted by Gasteiger charge is -2.17. The predicted molar refractivity (Wildman–Crippen MR) is 74.4 cm³/mol. The molecular formula is C14H23N3O. The molecule has 100 valence electrons. The zero-order valence-corrected chi connectivity index (χ0v) is 11.2. The number of nitrogens with one attached hydrogen (secondary N) is 1. The van der Waals surface area contributed by atoms with Crippen LogP contribution in [0.1, 0.15) is 18.4 Å². The number of benzene rings is 1. The molecular weight excluding hydrogens is 226 g/mol. The lowest BCUT2D eigenvalue weighted by atomic mass is 10.0. The summed E-state index contributed by atoms with van der Waals surface area (Å²) < 4.78 is 0. The van der Waals surface area contributed by atoms with Crippen molar-refractivity contribution >= 4 is 5.91 Å². The Hall–Kier alpha value is -1.39. The van der Waals surface area contributed by atoms with Gasteiger partial charge in [-0.3, -0.25) is 9.69 Å². The van der Waals surface area contributed by atoms with Crippen LogP contribution in [0.5, 0.6) is 0 Å². The summed E-state index contributed by atoms with van der Waals surface area (Å²) in [5, 5.41) is 2.95. The van der Waals surface area contributed by atoms with Crippen LogP contribution < -0.4 is 11.1 Å². The van der Waals surface area contributed by atoms with Gasteiger partial charge >= 0.3 is 0 Å². The van der Waals surface area contributed by atoms with E-state index in [1.807, 2.05) is 30.1 Å². The molecule has 0 radical (unpaired) electrons. The normalized spacial score (nSPS) is 12.4. The van der Waals surface area contributed by atoms with Crippen molar-refractivity contribution in [1.29, 1.82) is 0 Å². The highest BCUT2D eigenvalue weighted by atomic mass is 16.2. The molecule has 1 unspecified atom stereocenters. The smallest absolute Gasteiger partial charge is 0.234 e. The molecule has 1 aromatic carbocycles. The van der Waals surface area contributed by atoms with E-state index in [2.05, 4.69) is 24.4 Å². The minimum absolute atomic E-state index is 0.0498. The highest BCUT2D eigenvalue weighted by molar-refractivity contribution is 5.78. The van der Waals surface area contributed by atoms with Crippen LogP contribution in [-0.2, 0) is 4.79 Å². The topological polar surface area (TPSA) is 58.4 Å². The fourth-order valence-electron chi connectivity index (χ4n) is 1.77. The number of nitrogens with zero attached hydrogens (tertiary/aromatic N) is 1. The lowest BCUT2D eigenvalue weighted by Crippen LogP contribution is -2.38. The quantitative estimate of drug-likeness (QED) is 0.751. The van der Waals surface area contributed by atoms with Crippen molar-refractivity contribution in [3.05, 3.63) is 35.9 Å². The Bertz CT molecular complexity index is 353. The molecule has 0 bridgehead atoms. The maximum Gasteiger partial charge on any atom is 0.234 e. The Morgan fingerprint density at radius 3 is 2.67 bits per heavy atom. The summed E-state index contributed by atoms with van der Waals surface area (Å²) in [7, 11) is 1.90. The lowest BCUT2D eigenvalue weighted by molar-refractivity contribution is -0.121. The first-order valence-corrected chi connectivity index (χ1v) is 6.33. The fraction of sp³-hybridized carbons (Fsp3) is 0.500. The van der Waals surface area contributed by atoms with Crippen molar-refractivity contribution in [2.75, 3.05) is 33.2 Å². The Labute approximate surface area is 109 Å². The van der Waals surface area contributed by atoms with E-state index < -0.39 is 0 Å². The molecule has 0 aliphatic carbocycles. The Balaban J connectivity index is 2.30. The van der Waals surface area contributed by atoms with Gasteiger partial charge in [0.15, 0.2) is 0 Å². The SMILES string of the molecule is CC(CNC(=O)CN(C)CCN)c1ccccc1. The van der Waals surface area contributed by atoms with Crippen molar-refractivity contribution in [2.24, 2.45) is 5.73 Å².